The van der Waals surface area contributed by atoms with E-state index in [0.29, 0.717) is 0 Å². The van der Waals surface area contributed by atoms with Crippen LogP contribution in [0.15, 0.2) is 169 Å². The Morgan fingerprint density at radius 3 is 1.48 bits per heavy atom. The van der Waals surface area contributed by atoms with Crippen LogP contribution < -0.4 is 0 Å². The highest BCUT2D eigenvalue weighted by Crippen LogP contribution is 2.46. The predicted octanol–water partition coefficient (Wildman–Crippen LogP) is 11.8. The second-order valence-electron chi connectivity index (χ2n) is 8.75. The molecule has 0 unspecified atom stereocenters. The summed E-state index contributed by atoms with van der Waals surface area (Å²) < 4.78 is 249. The van der Waals surface area contributed by atoms with Gasteiger partial charge in [-0.1, -0.05) is 163 Å². The van der Waals surface area contributed by atoms with Gasteiger partial charge in [0.2, 0.25) is 0 Å². The molecule has 0 nitrogen and oxygen atoms in total. The Morgan fingerprint density at radius 1 is 0.286 bits per heavy atom. The lowest BCUT2D eigenvalue weighted by molar-refractivity contribution is 1.61. The first-order valence-electron chi connectivity index (χ1n) is 26.2. The maximum Gasteiger partial charge on any atom is 0.0636 e. The van der Waals surface area contributed by atoms with Gasteiger partial charge in [0.15, 0.2) is 0 Å². The zero-order valence-corrected chi connectivity index (χ0v) is 21.0. The average Bonchev–Trinajstić information content (AvgIpc) is 3.33. The smallest absolute Gasteiger partial charge is 0.0622 e. The van der Waals surface area contributed by atoms with E-state index in [9.17, 15) is 13.7 Å². The fourth-order valence-electron chi connectivity index (χ4n) is 4.66. The van der Waals surface area contributed by atoms with Crippen molar-refractivity contribution in [2.45, 2.75) is 0 Å². The molecule has 42 heavy (non-hydrogen) atoms. The van der Waals surface area contributed by atoms with E-state index >= 15 is 0 Å². The minimum Gasteiger partial charge on any atom is -0.0622 e. The molecule has 196 valence electrons. The number of rotatable bonds is 4. The van der Waals surface area contributed by atoms with Gasteiger partial charge in [-0.25, -0.2) is 0 Å². The predicted molar refractivity (Wildman–Crippen MR) is 181 cm³/mol. The molecule has 0 N–H and O–H groups in total. The highest BCUT2D eigenvalue weighted by atomic mass is 14.2. The molecule has 0 aliphatic heterocycles. The van der Waals surface area contributed by atoms with Gasteiger partial charge in [-0.05, 0) is 82.9 Å². The van der Waals surface area contributed by atoms with E-state index in [1.165, 1.54) is 0 Å². The van der Waals surface area contributed by atoms with E-state index in [1.807, 2.05) is 0 Å². The molecule has 0 spiro atoms. The Bertz CT molecular complexity index is 3710. The van der Waals surface area contributed by atoms with Gasteiger partial charge in [0.05, 0.1) is 38.4 Å². The molecule has 0 radical (unpaired) electrons. The zero-order valence-electron chi connectivity index (χ0n) is 49.0. The van der Waals surface area contributed by atoms with Crippen LogP contribution in [0, 0.1) is 0 Å². The van der Waals surface area contributed by atoms with Crippen LogP contribution in [-0.4, -0.2) is 0 Å². The first kappa shape index (κ1) is 9.02. The van der Waals surface area contributed by atoms with Crippen molar-refractivity contribution in [2.75, 3.05) is 0 Å². The van der Waals surface area contributed by atoms with Crippen molar-refractivity contribution >= 4 is 32.3 Å². The number of fused-ring (bicyclic) bond motifs is 3. The van der Waals surface area contributed by atoms with E-state index in [0.717, 1.165) is 0 Å². The van der Waals surface area contributed by atoms with Crippen LogP contribution >= 0.6 is 0 Å². The first-order valence-corrected chi connectivity index (χ1v) is 12.2. The van der Waals surface area contributed by atoms with Crippen LogP contribution in [0.4, 0.5) is 0 Å². The summed E-state index contributed by atoms with van der Waals surface area (Å²) in [7, 11) is 0. The molecule has 8 rings (SSSR count). The Labute approximate surface area is 285 Å². The molecular weight excluding hydrogens is 504 g/mol. The minimum atomic E-state index is -1.14. The van der Waals surface area contributed by atoms with Crippen molar-refractivity contribution in [1.82, 2.24) is 0 Å². The van der Waals surface area contributed by atoms with Crippen LogP contribution in [0.5, 0.6) is 0 Å². The number of hydrogen-bond acceptors (Lipinski definition) is 0. The Balaban J connectivity index is 1.80. The van der Waals surface area contributed by atoms with Gasteiger partial charge < -0.3 is 0 Å². The first-order chi connectivity index (χ1) is 32.5. The number of hydrogen-bond donors (Lipinski definition) is 0. The van der Waals surface area contributed by atoms with E-state index in [-0.39, 0.29) is 0 Å². The molecule has 8 aromatic carbocycles. The fourth-order valence-corrected chi connectivity index (χ4v) is 4.66. The summed E-state index contributed by atoms with van der Waals surface area (Å²) in [5.41, 5.74) is -6.69. The van der Waals surface area contributed by atoms with Gasteiger partial charge in [-0.15, -0.1) is 0 Å². The van der Waals surface area contributed by atoms with Gasteiger partial charge >= 0.3 is 0 Å². The van der Waals surface area contributed by atoms with E-state index in [1.54, 1.807) is 0 Å². The van der Waals surface area contributed by atoms with Crippen molar-refractivity contribution in [3.05, 3.63) is 169 Å². The number of benzene rings is 8. The topological polar surface area (TPSA) is 0 Å². The zero-order chi connectivity index (χ0) is 52.2. The monoisotopic (exact) mass is 560 g/mol. The van der Waals surface area contributed by atoms with E-state index < -0.39 is 246 Å². The lowest BCUT2D eigenvalue weighted by atomic mass is 9.83. The SMILES string of the molecule is [2H]c1c([2H])c([2H])c(-c2c([2H])c([2H])c(-c3c4c([2H])c([2H])c([2H])c([2H])c4c(-c4c([2H])c([2H])c([2H])c5c([2H])c([2H])c([2H])c([2H])c45)c4c([2H])c([2H])c(-c5c([2H])c([2H])c([2H])c([2H])c5[2H])c([2H])c34)c([2H])c2[2H])c([2H])c1[2H]. The molecule has 0 bridgehead atoms. The molecule has 8 aromatic rings. The molecule has 0 heterocycles. The molecule has 0 amide bonds. The minimum absolute atomic E-state index is 0.671. The molecular formula is C42H28. The molecule has 0 saturated carbocycles. The van der Waals surface area contributed by atoms with Crippen molar-refractivity contribution in [1.29, 1.82) is 0 Å². The summed E-state index contributed by atoms with van der Waals surface area (Å²) in [4.78, 5) is 0. The Morgan fingerprint density at radius 2 is 0.762 bits per heavy atom. The second-order valence-corrected chi connectivity index (χ2v) is 8.75. The van der Waals surface area contributed by atoms with Gasteiger partial charge in [-0.3, -0.25) is 0 Å². The van der Waals surface area contributed by atoms with Crippen molar-refractivity contribution in [3.8, 4) is 44.5 Å². The standard InChI is InChI=1S/C42H28/c1-3-12-29(13-4-1)31-22-24-33(25-23-31)41-37-19-9-10-20-38(37)42(36-21-11-17-32-16-7-8-18-35(32)36)39-27-26-34(28-40(39)41)30-14-5-2-6-15-30/h1-28H/i1D,2D,3D,4D,5D,6D,7D,8D,9D,10D,11D,12D,13D,14D,15D,16D,17D,18D,19D,20D,21D,22D,23D,24D,25D,26D,27D,28D. The van der Waals surface area contributed by atoms with Crippen molar-refractivity contribution < 1.29 is 38.4 Å². The van der Waals surface area contributed by atoms with Crippen LogP contribution in [0.25, 0.3) is 76.8 Å². The van der Waals surface area contributed by atoms with Gasteiger partial charge in [0.1, 0.15) is 0 Å². The summed E-state index contributed by atoms with van der Waals surface area (Å²) >= 11 is 0. The van der Waals surface area contributed by atoms with Gasteiger partial charge in [0.25, 0.3) is 0 Å². The van der Waals surface area contributed by atoms with Crippen molar-refractivity contribution in [3.63, 3.8) is 0 Å². The van der Waals surface area contributed by atoms with Crippen LogP contribution in [0.2, 0.25) is 0 Å². The largest absolute Gasteiger partial charge is 0.0636 e. The van der Waals surface area contributed by atoms with Crippen LogP contribution in [0.3, 0.4) is 0 Å². The van der Waals surface area contributed by atoms with Crippen molar-refractivity contribution in [2.24, 2.45) is 0 Å². The highest BCUT2D eigenvalue weighted by molar-refractivity contribution is 6.24. The van der Waals surface area contributed by atoms with E-state index in [2.05, 4.69) is 0 Å². The molecule has 0 aliphatic rings. The lowest BCUT2D eigenvalue weighted by Gasteiger charge is -2.20. The summed E-state index contributed by atoms with van der Waals surface area (Å²) in [6.45, 7) is 0. The Hall–Kier alpha value is -5.46. The van der Waals surface area contributed by atoms with Crippen LogP contribution in [-0.2, 0) is 0 Å². The van der Waals surface area contributed by atoms with Gasteiger partial charge in [0, 0.05) is 0 Å². The molecule has 0 heteroatoms. The average molecular weight is 561 g/mol. The third kappa shape index (κ3) is 4.08. The van der Waals surface area contributed by atoms with Gasteiger partial charge in [-0.2, -0.15) is 0 Å². The maximum atomic E-state index is 9.94. The summed E-state index contributed by atoms with van der Waals surface area (Å²) in [6, 6.07) is -27.9. The quantitative estimate of drug-likeness (QED) is 0.188. The molecule has 0 aliphatic carbocycles. The normalized spacial score (nSPS) is 20.7. The molecule has 0 saturated heterocycles. The highest BCUT2D eigenvalue weighted by Gasteiger charge is 2.18. The molecule has 0 aromatic heterocycles. The lowest BCUT2D eigenvalue weighted by Crippen LogP contribution is -1.92. The maximum absolute atomic E-state index is 9.94. The third-order valence-corrected chi connectivity index (χ3v) is 6.44. The fraction of sp³-hybridized carbons (Fsp3) is 0. The molecule has 0 atom stereocenters. The Kier molecular flexibility index (Phi) is 2.19. The summed E-state index contributed by atoms with van der Waals surface area (Å²) in [6.07, 6.45) is 0. The third-order valence-electron chi connectivity index (χ3n) is 6.44. The van der Waals surface area contributed by atoms with E-state index in [4.69, 9.17) is 24.7 Å². The van der Waals surface area contributed by atoms with Crippen LogP contribution in [0.1, 0.15) is 38.4 Å². The summed E-state index contributed by atoms with van der Waals surface area (Å²) in [5, 5.41) is -4.67. The molecule has 0 fully saturated rings. The second kappa shape index (κ2) is 10.2. The summed E-state index contributed by atoms with van der Waals surface area (Å²) in [5.74, 6) is 0.